The molecule has 2 aromatic heterocycles. The first-order valence-electron chi connectivity index (χ1n) is 8.86. The molecule has 0 saturated carbocycles. The molecule has 1 amide bonds. The van der Waals surface area contributed by atoms with Crippen LogP contribution in [-0.4, -0.2) is 51.8 Å². The normalized spacial score (nSPS) is 15.5. The third kappa shape index (κ3) is 3.10. The summed E-state index contributed by atoms with van der Waals surface area (Å²) in [4.78, 5) is 19.0. The minimum Gasteiger partial charge on any atom is -0.381 e. The number of carbonyl (C=O) groups is 1. The fraction of sp³-hybridized carbons (Fsp3) is 0.421. The number of hydrogen-bond acceptors (Lipinski definition) is 5. The predicted molar refractivity (Wildman–Crippen MR) is 96.0 cm³/mol. The zero-order valence-electron chi connectivity index (χ0n) is 15.0. The van der Waals surface area contributed by atoms with E-state index in [2.05, 4.69) is 14.7 Å². The molecule has 26 heavy (non-hydrogen) atoms. The maximum atomic E-state index is 12.7. The first-order chi connectivity index (χ1) is 12.6. The van der Waals surface area contributed by atoms with E-state index in [4.69, 9.17) is 9.26 Å². The molecule has 0 aliphatic carbocycles. The van der Waals surface area contributed by atoms with E-state index in [1.165, 1.54) is 0 Å². The van der Waals surface area contributed by atoms with Gasteiger partial charge >= 0.3 is 0 Å². The summed E-state index contributed by atoms with van der Waals surface area (Å²) in [5, 5.41) is 3.99. The Morgan fingerprint density at radius 2 is 2.08 bits per heavy atom. The van der Waals surface area contributed by atoms with Gasteiger partial charge in [0.15, 0.2) is 11.5 Å². The van der Waals surface area contributed by atoms with Gasteiger partial charge in [-0.1, -0.05) is 17.3 Å². The number of para-hydroxylation sites is 2. The van der Waals surface area contributed by atoms with Gasteiger partial charge in [0.05, 0.1) is 17.6 Å². The average Bonchev–Trinajstić information content (AvgIpc) is 3.26. The van der Waals surface area contributed by atoms with Crippen molar-refractivity contribution in [2.24, 2.45) is 0 Å². The molecule has 7 heteroatoms. The number of imidazole rings is 1. The third-order valence-electron chi connectivity index (χ3n) is 5.00. The molecule has 7 nitrogen and oxygen atoms in total. The van der Waals surface area contributed by atoms with Crippen molar-refractivity contribution in [3.8, 4) is 0 Å². The fourth-order valence-electron chi connectivity index (χ4n) is 3.46. The first kappa shape index (κ1) is 16.8. The van der Waals surface area contributed by atoms with Crippen molar-refractivity contribution in [3.05, 3.63) is 47.6 Å². The predicted octanol–water partition coefficient (Wildman–Crippen LogP) is 2.63. The number of hydrogen-bond donors (Lipinski definition) is 0. The molecule has 0 unspecified atom stereocenters. The van der Waals surface area contributed by atoms with Crippen LogP contribution in [0.5, 0.6) is 0 Å². The van der Waals surface area contributed by atoms with Gasteiger partial charge in [-0.2, -0.15) is 0 Å². The molecule has 0 N–H and O–H groups in total. The van der Waals surface area contributed by atoms with E-state index in [-0.39, 0.29) is 11.9 Å². The smallest absolute Gasteiger partial charge is 0.276 e. The molecule has 0 atom stereocenters. The van der Waals surface area contributed by atoms with Gasteiger partial charge in [0, 0.05) is 32.4 Å². The van der Waals surface area contributed by atoms with Crippen LogP contribution in [0.3, 0.4) is 0 Å². The van der Waals surface area contributed by atoms with E-state index in [0.717, 1.165) is 29.7 Å². The number of aryl methyl sites for hydroxylation is 1. The van der Waals surface area contributed by atoms with Crippen LogP contribution < -0.4 is 0 Å². The maximum absolute atomic E-state index is 12.7. The number of nitrogens with zero attached hydrogens (tertiary/aromatic N) is 4. The summed E-state index contributed by atoms with van der Waals surface area (Å²) in [6, 6.07) is 9.88. The second-order valence-electron chi connectivity index (χ2n) is 6.67. The Balaban J connectivity index is 1.52. The molecule has 1 aliphatic rings. The lowest BCUT2D eigenvalue weighted by molar-refractivity contribution is 0.0356. The van der Waals surface area contributed by atoms with Crippen LogP contribution >= 0.6 is 0 Å². The van der Waals surface area contributed by atoms with Crippen molar-refractivity contribution in [1.82, 2.24) is 19.6 Å². The molecule has 3 heterocycles. The summed E-state index contributed by atoms with van der Waals surface area (Å²) in [6.45, 7) is 3.84. The number of ether oxygens (including phenoxy) is 1. The standard InChI is InChI=1S/C19H22N4O3/c1-13-20-16-5-3-4-6-18(16)23(13)12-15-11-17(21-26-15)19(24)22(2)14-7-9-25-10-8-14/h3-6,11,14H,7-10,12H2,1-2H3. The van der Waals surface area contributed by atoms with Gasteiger partial charge in [0.2, 0.25) is 0 Å². The molecule has 0 bridgehead atoms. The van der Waals surface area contributed by atoms with Crippen molar-refractivity contribution in [3.63, 3.8) is 0 Å². The van der Waals surface area contributed by atoms with Crippen LogP contribution in [0, 0.1) is 6.92 Å². The highest BCUT2D eigenvalue weighted by atomic mass is 16.5. The van der Waals surface area contributed by atoms with Gasteiger partial charge in [0.1, 0.15) is 5.82 Å². The topological polar surface area (TPSA) is 73.4 Å². The maximum Gasteiger partial charge on any atom is 0.276 e. The Morgan fingerprint density at radius 3 is 2.88 bits per heavy atom. The van der Waals surface area contributed by atoms with Gasteiger partial charge in [-0.3, -0.25) is 4.79 Å². The molecule has 1 aromatic carbocycles. The van der Waals surface area contributed by atoms with Gasteiger partial charge in [-0.15, -0.1) is 0 Å². The second-order valence-corrected chi connectivity index (χ2v) is 6.67. The highest BCUT2D eigenvalue weighted by Gasteiger charge is 2.25. The van der Waals surface area contributed by atoms with E-state index >= 15 is 0 Å². The van der Waals surface area contributed by atoms with Crippen LogP contribution in [0.15, 0.2) is 34.9 Å². The molecule has 0 spiro atoms. The van der Waals surface area contributed by atoms with E-state index in [1.54, 1.807) is 11.0 Å². The number of amides is 1. The van der Waals surface area contributed by atoms with Gasteiger partial charge in [-0.25, -0.2) is 4.98 Å². The lowest BCUT2D eigenvalue weighted by Gasteiger charge is -2.30. The number of benzene rings is 1. The van der Waals surface area contributed by atoms with Crippen molar-refractivity contribution in [1.29, 1.82) is 0 Å². The van der Waals surface area contributed by atoms with Crippen molar-refractivity contribution in [2.75, 3.05) is 20.3 Å². The Kier molecular flexibility index (Phi) is 4.46. The molecule has 4 rings (SSSR count). The fourth-order valence-corrected chi connectivity index (χ4v) is 3.46. The van der Waals surface area contributed by atoms with E-state index in [0.29, 0.717) is 31.2 Å². The zero-order valence-corrected chi connectivity index (χ0v) is 15.0. The quantitative estimate of drug-likeness (QED) is 0.720. The van der Waals surface area contributed by atoms with E-state index in [1.807, 2.05) is 38.2 Å². The van der Waals surface area contributed by atoms with Crippen LogP contribution in [0.1, 0.15) is 34.9 Å². The minimum atomic E-state index is -0.112. The molecule has 1 fully saturated rings. The summed E-state index contributed by atoms with van der Waals surface area (Å²) >= 11 is 0. The Labute approximate surface area is 151 Å². The summed E-state index contributed by atoms with van der Waals surface area (Å²) < 4.78 is 12.9. The van der Waals surface area contributed by atoms with E-state index < -0.39 is 0 Å². The number of fused-ring (bicyclic) bond motifs is 1. The molecule has 1 aliphatic heterocycles. The molecule has 136 valence electrons. The lowest BCUT2D eigenvalue weighted by Crippen LogP contribution is -2.40. The molecule has 0 radical (unpaired) electrons. The van der Waals surface area contributed by atoms with Gasteiger partial charge < -0.3 is 18.7 Å². The minimum absolute atomic E-state index is 0.112. The Morgan fingerprint density at radius 1 is 1.31 bits per heavy atom. The largest absolute Gasteiger partial charge is 0.381 e. The first-order valence-corrected chi connectivity index (χ1v) is 8.86. The molecule has 3 aromatic rings. The van der Waals surface area contributed by atoms with Gasteiger partial charge in [-0.05, 0) is 31.9 Å². The summed E-state index contributed by atoms with van der Waals surface area (Å²) in [5.74, 6) is 1.42. The zero-order chi connectivity index (χ0) is 18.1. The number of aromatic nitrogens is 3. The van der Waals surface area contributed by atoms with Crippen LogP contribution in [0.4, 0.5) is 0 Å². The highest BCUT2D eigenvalue weighted by Crippen LogP contribution is 2.19. The third-order valence-corrected chi connectivity index (χ3v) is 5.00. The van der Waals surface area contributed by atoms with Crippen LogP contribution in [0.2, 0.25) is 0 Å². The highest BCUT2D eigenvalue weighted by molar-refractivity contribution is 5.92. The number of rotatable bonds is 4. The summed E-state index contributed by atoms with van der Waals surface area (Å²) in [6.07, 6.45) is 1.71. The summed E-state index contributed by atoms with van der Waals surface area (Å²) in [7, 11) is 1.82. The van der Waals surface area contributed by atoms with Crippen molar-refractivity contribution < 1.29 is 14.1 Å². The lowest BCUT2D eigenvalue weighted by atomic mass is 10.1. The molecule has 1 saturated heterocycles. The van der Waals surface area contributed by atoms with Crippen molar-refractivity contribution >= 4 is 16.9 Å². The SMILES string of the molecule is Cc1nc2ccccc2n1Cc1cc(C(=O)N(C)C2CCOCC2)no1. The average molecular weight is 354 g/mol. The number of carbonyl (C=O) groups excluding carboxylic acids is 1. The Hall–Kier alpha value is -2.67. The van der Waals surface area contributed by atoms with E-state index in [9.17, 15) is 4.79 Å². The van der Waals surface area contributed by atoms with Crippen molar-refractivity contribution in [2.45, 2.75) is 32.4 Å². The summed E-state index contributed by atoms with van der Waals surface area (Å²) in [5.41, 5.74) is 2.32. The van der Waals surface area contributed by atoms with Gasteiger partial charge in [0.25, 0.3) is 5.91 Å². The van der Waals surface area contributed by atoms with Crippen LogP contribution in [-0.2, 0) is 11.3 Å². The Bertz CT molecular complexity index is 924. The monoisotopic (exact) mass is 354 g/mol. The van der Waals surface area contributed by atoms with Crippen LogP contribution in [0.25, 0.3) is 11.0 Å². The molecular formula is C19H22N4O3. The molecular weight excluding hydrogens is 332 g/mol. The second kappa shape index (κ2) is 6.92.